The van der Waals surface area contributed by atoms with Gasteiger partial charge in [0, 0.05) is 11.1 Å². The molecule has 20 heavy (non-hydrogen) atoms. The number of phenols is 1. The number of phenolic OH excluding ortho intramolecular Hbond substituents is 1. The number of fused-ring (bicyclic) bond motifs is 1. The quantitative estimate of drug-likeness (QED) is 0.633. The predicted octanol–water partition coefficient (Wildman–Crippen LogP) is 6.07. The monoisotopic (exact) mass is 400 g/mol. The van der Waals surface area contributed by atoms with Crippen molar-refractivity contribution in [2.75, 3.05) is 0 Å². The summed E-state index contributed by atoms with van der Waals surface area (Å²) < 4.78 is 20.3. The van der Waals surface area contributed by atoms with E-state index in [2.05, 4.69) is 31.9 Å². The van der Waals surface area contributed by atoms with Gasteiger partial charge >= 0.3 is 0 Å². The maximum Gasteiger partial charge on any atom is 0.152 e. The molecule has 0 fully saturated rings. The fourth-order valence-electron chi connectivity index (χ4n) is 1.93. The summed E-state index contributed by atoms with van der Waals surface area (Å²) in [5, 5.41) is 10.5. The molecule has 1 aromatic carbocycles. The number of benzene rings is 1. The van der Waals surface area contributed by atoms with E-state index in [9.17, 15) is 9.50 Å². The van der Waals surface area contributed by atoms with Gasteiger partial charge in [-0.15, -0.1) is 0 Å². The Hall–Kier alpha value is -1.33. The standard InChI is InChI=1S/C15H11Br2FO2/c1-2-9(12(18)4-3-7-16)10-8-20-15-11(17)5-6-13(19)14(10)15/h2-8,19H,1H3/b7-3+,9-2-,12-4+. The maximum absolute atomic E-state index is 14.2. The molecule has 104 valence electrons. The van der Waals surface area contributed by atoms with Crippen LogP contribution in [0.3, 0.4) is 0 Å². The van der Waals surface area contributed by atoms with Gasteiger partial charge in [-0.05, 0) is 46.0 Å². The minimum atomic E-state index is -0.412. The van der Waals surface area contributed by atoms with Crippen molar-refractivity contribution in [3.05, 3.63) is 57.5 Å². The van der Waals surface area contributed by atoms with Gasteiger partial charge in [0.2, 0.25) is 0 Å². The molecule has 0 aliphatic heterocycles. The van der Waals surface area contributed by atoms with Gasteiger partial charge < -0.3 is 9.52 Å². The van der Waals surface area contributed by atoms with Crippen molar-refractivity contribution < 1.29 is 13.9 Å². The molecule has 0 spiro atoms. The lowest BCUT2D eigenvalue weighted by molar-refractivity contribution is 0.481. The van der Waals surface area contributed by atoms with E-state index in [0.717, 1.165) is 0 Å². The summed E-state index contributed by atoms with van der Waals surface area (Å²) >= 11 is 6.43. The fraction of sp³-hybridized carbons (Fsp3) is 0.0667. The second kappa shape index (κ2) is 6.41. The van der Waals surface area contributed by atoms with Gasteiger partial charge in [-0.3, -0.25) is 0 Å². The Bertz CT molecular complexity index is 727. The Kier molecular flexibility index (Phi) is 4.83. The first-order valence-electron chi connectivity index (χ1n) is 5.78. The van der Waals surface area contributed by atoms with Crippen LogP contribution in [0.5, 0.6) is 5.75 Å². The number of hydrogen-bond donors (Lipinski definition) is 1. The lowest BCUT2D eigenvalue weighted by atomic mass is 10.0. The third kappa shape index (κ3) is 2.74. The first-order valence-corrected chi connectivity index (χ1v) is 7.49. The van der Waals surface area contributed by atoms with Gasteiger partial charge in [0.25, 0.3) is 0 Å². The van der Waals surface area contributed by atoms with Crippen LogP contribution in [0.1, 0.15) is 12.5 Å². The molecule has 0 unspecified atom stereocenters. The first kappa shape index (κ1) is 15.1. The summed E-state index contributed by atoms with van der Waals surface area (Å²) in [5.41, 5.74) is 1.36. The molecule has 0 atom stereocenters. The van der Waals surface area contributed by atoms with E-state index in [4.69, 9.17) is 4.42 Å². The topological polar surface area (TPSA) is 33.4 Å². The van der Waals surface area contributed by atoms with Crippen molar-refractivity contribution in [3.63, 3.8) is 0 Å². The number of aromatic hydroxyl groups is 1. The van der Waals surface area contributed by atoms with Crippen LogP contribution in [0.25, 0.3) is 16.5 Å². The minimum Gasteiger partial charge on any atom is -0.507 e. The lowest BCUT2D eigenvalue weighted by Crippen LogP contribution is -1.84. The number of rotatable bonds is 3. The van der Waals surface area contributed by atoms with Crippen molar-refractivity contribution >= 4 is 48.4 Å². The van der Waals surface area contributed by atoms with E-state index in [1.807, 2.05) is 0 Å². The Balaban J connectivity index is 2.66. The average Bonchev–Trinajstić information content (AvgIpc) is 2.87. The van der Waals surface area contributed by atoms with Crippen LogP contribution in [0.2, 0.25) is 0 Å². The van der Waals surface area contributed by atoms with Crippen LogP contribution in [0, 0.1) is 0 Å². The number of furan rings is 1. The van der Waals surface area contributed by atoms with Crippen molar-refractivity contribution in [1.82, 2.24) is 0 Å². The van der Waals surface area contributed by atoms with E-state index in [-0.39, 0.29) is 5.75 Å². The summed E-state index contributed by atoms with van der Waals surface area (Å²) in [5.74, 6) is -0.361. The second-order valence-corrected chi connectivity index (χ2v) is 5.34. The van der Waals surface area contributed by atoms with Crippen LogP contribution >= 0.6 is 31.9 Å². The van der Waals surface area contributed by atoms with Crippen LogP contribution in [-0.2, 0) is 0 Å². The summed E-state index contributed by atoms with van der Waals surface area (Å²) in [6.45, 7) is 1.73. The normalized spacial score (nSPS) is 13.6. The van der Waals surface area contributed by atoms with Gasteiger partial charge in [0.15, 0.2) is 5.58 Å². The second-order valence-electron chi connectivity index (χ2n) is 3.96. The molecule has 2 nitrogen and oxygen atoms in total. The van der Waals surface area contributed by atoms with E-state index in [1.165, 1.54) is 18.4 Å². The highest BCUT2D eigenvalue weighted by molar-refractivity contribution is 9.11. The predicted molar refractivity (Wildman–Crippen MR) is 86.5 cm³/mol. The van der Waals surface area contributed by atoms with E-state index in [1.54, 1.807) is 30.1 Å². The minimum absolute atomic E-state index is 0.0510. The summed E-state index contributed by atoms with van der Waals surface area (Å²) in [7, 11) is 0. The number of hydrogen-bond acceptors (Lipinski definition) is 2. The van der Waals surface area contributed by atoms with Gasteiger partial charge in [0.05, 0.1) is 16.1 Å². The molecule has 0 aliphatic rings. The smallest absolute Gasteiger partial charge is 0.152 e. The van der Waals surface area contributed by atoms with Crippen molar-refractivity contribution in [2.45, 2.75) is 6.92 Å². The largest absolute Gasteiger partial charge is 0.507 e. The summed E-state index contributed by atoms with van der Waals surface area (Å²) in [4.78, 5) is 1.56. The van der Waals surface area contributed by atoms with Gasteiger partial charge in [0.1, 0.15) is 11.6 Å². The Morgan fingerprint density at radius 1 is 1.40 bits per heavy atom. The Morgan fingerprint density at radius 2 is 2.15 bits per heavy atom. The highest BCUT2D eigenvalue weighted by atomic mass is 79.9. The highest BCUT2D eigenvalue weighted by Crippen LogP contribution is 2.39. The molecular formula is C15H11Br2FO2. The Labute approximate surface area is 132 Å². The molecular weight excluding hydrogens is 391 g/mol. The molecule has 1 N–H and O–H groups in total. The molecule has 2 rings (SSSR count). The van der Waals surface area contributed by atoms with Crippen molar-refractivity contribution in [1.29, 1.82) is 0 Å². The zero-order valence-electron chi connectivity index (χ0n) is 10.5. The Morgan fingerprint density at radius 3 is 2.80 bits per heavy atom. The third-order valence-electron chi connectivity index (χ3n) is 2.80. The summed E-state index contributed by atoms with van der Waals surface area (Å²) in [6, 6.07) is 3.22. The van der Waals surface area contributed by atoms with E-state index < -0.39 is 5.83 Å². The van der Waals surface area contributed by atoms with Gasteiger partial charge in [-0.1, -0.05) is 28.1 Å². The van der Waals surface area contributed by atoms with Crippen LogP contribution < -0.4 is 0 Å². The van der Waals surface area contributed by atoms with Crippen molar-refractivity contribution in [3.8, 4) is 5.75 Å². The van der Waals surface area contributed by atoms with E-state index >= 15 is 0 Å². The van der Waals surface area contributed by atoms with Crippen molar-refractivity contribution in [2.24, 2.45) is 0 Å². The van der Waals surface area contributed by atoms with Crippen LogP contribution in [-0.4, -0.2) is 5.11 Å². The SMILES string of the molecule is C\C=C(/C(F)=C\C=C\Br)c1coc2c(Br)ccc(O)c12. The molecule has 2 aromatic rings. The molecule has 0 radical (unpaired) electrons. The molecule has 1 aromatic heterocycles. The molecule has 0 aliphatic carbocycles. The van der Waals surface area contributed by atoms with Gasteiger partial charge in [-0.2, -0.15) is 0 Å². The van der Waals surface area contributed by atoms with Gasteiger partial charge in [-0.25, -0.2) is 4.39 Å². The lowest BCUT2D eigenvalue weighted by Gasteiger charge is -2.04. The van der Waals surface area contributed by atoms with Crippen LogP contribution in [0.4, 0.5) is 4.39 Å². The zero-order valence-corrected chi connectivity index (χ0v) is 13.7. The molecule has 5 heteroatoms. The molecule has 0 saturated carbocycles. The van der Waals surface area contributed by atoms with E-state index in [0.29, 0.717) is 26.6 Å². The highest BCUT2D eigenvalue weighted by Gasteiger charge is 2.18. The molecule has 0 amide bonds. The fourth-order valence-corrected chi connectivity index (χ4v) is 2.51. The summed E-state index contributed by atoms with van der Waals surface area (Å²) in [6.07, 6.45) is 5.95. The van der Waals surface area contributed by atoms with Crippen LogP contribution in [0.15, 0.2) is 56.3 Å². The number of halogens is 3. The maximum atomic E-state index is 14.2. The zero-order chi connectivity index (χ0) is 14.7. The average molecular weight is 402 g/mol. The molecule has 0 bridgehead atoms. The molecule has 1 heterocycles. The molecule has 0 saturated heterocycles. The number of allylic oxidation sites excluding steroid dienone is 5. The first-order chi connectivity index (χ1) is 9.60. The third-order valence-corrected chi connectivity index (χ3v) is 3.73.